The van der Waals surface area contributed by atoms with Gasteiger partial charge in [0.2, 0.25) is 5.91 Å². The molecule has 1 aliphatic heterocycles. The van der Waals surface area contributed by atoms with Gasteiger partial charge in [-0.3, -0.25) is 4.79 Å². The molecule has 1 amide bonds. The molecule has 6 heteroatoms. The fourth-order valence-corrected chi connectivity index (χ4v) is 1.33. The second-order valence-corrected chi connectivity index (χ2v) is 3.00. The Morgan fingerprint density at radius 2 is 2.23 bits per heavy atom. The van der Waals surface area contributed by atoms with E-state index in [1.54, 1.807) is 0 Å². The van der Waals surface area contributed by atoms with Gasteiger partial charge in [-0.15, -0.1) is 0 Å². The van der Waals surface area contributed by atoms with Gasteiger partial charge in [-0.05, 0) is 0 Å². The summed E-state index contributed by atoms with van der Waals surface area (Å²) in [6, 6.07) is 0. The summed E-state index contributed by atoms with van der Waals surface area (Å²) in [7, 11) is 0. The highest BCUT2D eigenvalue weighted by atomic mass is 35.5. The number of amides is 1. The molecule has 0 fully saturated rings. The molecule has 2 rings (SSSR count). The lowest BCUT2D eigenvalue weighted by atomic mass is 10.3. The van der Waals surface area contributed by atoms with Gasteiger partial charge in [0, 0.05) is 12.1 Å². The van der Waals surface area contributed by atoms with Gasteiger partial charge in [-0.25, -0.2) is 9.97 Å². The third kappa shape index (κ3) is 1.61. The van der Waals surface area contributed by atoms with Gasteiger partial charge in [0.05, 0.1) is 6.54 Å². The zero-order valence-corrected chi connectivity index (χ0v) is 7.43. The molecule has 0 aromatic carbocycles. The molecule has 0 radical (unpaired) electrons. The molecular formula is C7H7ClN4O. The van der Waals surface area contributed by atoms with E-state index in [0.29, 0.717) is 17.5 Å². The number of aromatic nitrogens is 2. The molecule has 68 valence electrons. The summed E-state index contributed by atoms with van der Waals surface area (Å²) in [5, 5.41) is 5.92. The van der Waals surface area contributed by atoms with Crippen molar-refractivity contribution in [3.05, 3.63) is 17.0 Å². The van der Waals surface area contributed by atoms with Crippen molar-refractivity contribution in [2.24, 2.45) is 0 Å². The molecular weight excluding hydrogens is 192 g/mol. The van der Waals surface area contributed by atoms with Crippen molar-refractivity contribution in [3.63, 3.8) is 0 Å². The number of carbonyl (C=O) groups is 1. The van der Waals surface area contributed by atoms with Crippen LogP contribution in [0.3, 0.4) is 0 Å². The highest BCUT2D eigenvalue weighted by Crippen LogP contribution is 2.20. The van der Waals surface area contributed by atoms with Crippen LogP contribution >= 0.6 is 11.6 Å². The lowest BCUT2D eigenvalue weighted by Crippen LogP contribution is -2.23. The molecule has 0 saturated carbocycles. The van der Waals surface area contributed by atoms with Crippen molar-refractivity contribution in [2.45, 2.75) is 6.54 Å². The molecule has 13 heavy (non-hydrogen) atoms. The standard InChI is InChI=1S/C7H7ClN4O/c8-6-4-1-9-2-5(13)12-7(4)11-3-10-6/h3,9H,1-2H2,(H,10,11,12,13). The summed E-state index contributed by atoms with van der Waals surface area (Å²) < 4.78 is 0. The number of rotatable bonds is 0. The van der Waals surface area contributed by atoms with Crippen LogP contribution in [0.5, 0.6) is 0 Å². The van der Waals surface area contributed by atoms with E-state index in [1.165, 1.54) is 6.33 Å². The van der Waals surface area contributed by atoms with E-state index >= 15 is 0 Å². The van der Waals surface area contributed by atoms with Crippen LogP contribution in [0, 0.1) is 0 Å². The summed E-state index contributed by atoms with van der Waals surface area (Å²) in [5.74, 6) is 0.378. The third-order valence-corrected chi connectivity index (χ3v) is 2.06. The van der Waals surface area contributed by atoms with Gasteiger partial charge in [-0.1, -0.05) is 11.6 Å². The Balaban J connectivity index is 2.45. The number of carbonyl (C=O) groups excluding carboxylic acids is 1. The molecule has 0 spiro atoms. The largest absolute Gasteiger partial charge is 0.309 e. The molecule has 1 aliphatic rings. The molecule has 1 aromatic rings. The smallest absolute Gasteiger partial charge is 0.239 e. The Bertz CT molecular complexity index is 354. The van der Waals surface area contributed by atoms with Crippen LogP contribution in [0.1, 0.15) is 5.56 Å². The minimum Gasteiger partial charge on any atom is -0.309 e. The van der Waals surface area contributed by atoms with Crippen molar-refractivity contribution in [1.29, 1.82) is 0 Å². The van der Waals surface area contributed by atoms with Gasteiger partial charge < -0.3 is 10.6 Å². The normalized spacial score (nSPS) is 15.9. The van der Waals surface area contributed by atoms with Crippen LogP contribution in [0.15, 0.2) is 6.33 Å². The van der Waals surface area contributed by atoms with Crippen molar-refractivity contribution in [3.8, 4) is 0 Å². The van der Waals surface area contributed by atoms with Crippen LogP contribution in [0.4, 0.5) is 5.82 Å². The molecule has 5 nitrogen and oxygen atoms in total. The quantitative estimate of drug-likeness (QED) is 0.584. The maximum Gasteiger partial charge on any atom is 0.239 e. The lowest BCUT2D eigenvalue weighted by Gasteiger charge is -2.04. The molecule has 0 saturated heterocycles. The van der Waals surface area contributed by atoms with Gasteiger partial charge in [0.15, 0.2) is 0 Å². The topological polar surface area (TPSA) is 66.9 Å². The monoisotopic (exact) mass is 198 g/mol. The SMILES string of the molecule is O=C1CNCc2c(Cl)ncnc2N1. The number of hydrogen-bond donors (Lipinski definition) is 2. The number of fused-ring (bicyclic) bond motifs is 1. The van der Waals surface area contributed by atoms with Crippen LogP contribution in [0.25, 0.3) is 0 Å². The van der Waals surface area contributed by atoms with E-state index in [1.807, 2.05) is 0 Å². The van der Waals surface area contributed by atoms with Gasteiger partial charge in [0.1, 0.15) is 17.3 Å². The maximum absolute atomic E-state index is 11.1. The highest BCUT2D eigenvalue weighted by molar-refractivity contribution is 6.30. The van der Waals surface area contributed by atoms with E-state index in [4.69, 9.17) is 11.6 Å². The molecule has 0 aliphatic carbocycles. The van der Waals surface area contributed by atoms with Crippen LogP contribution < -0.4 is 10.6 Å². The first-order valence-electron chi connectivity index (χ1n) is 3.77. The number of nitrogens with zero attached hydrogens (tertiary/aromatic N) is 2. The third-order valence-electron chi connectivity index (χ3n) is 1.74. The summed E-state index contributed by atoms with van der Waals surface area (Å²) in [5.41, 5.74) is 0.731. The zero-order valence-electron chi connectivity index (χ0n) is 6.67. The highest BCUT2D eigenvalue weighted by Gasteiger charge is 2.15. The van der Waals surface area contributed by atoms with E-state index in [-0.39, 0.29) is 12.5 Å². The molecule has 0 bridgehead atoms. The lowest BCUT2D eigenvalue weighted by molar-refractivity contribution is -0.115. The second-order valence-electron chi connectivity index (χ2n) is 2.64. The van der Waals surface area contributed by atoms with Gasteiger partial charge in [0.25, 0.3) is 0 Å². The Morgan fingerprint density at radius 1 is 1.38 bits per heavy atom. The Kier molecular flexibility index (Phi) is 2.12. The fraction of sp³-hybridized carbons (Fsp3) is 0.286. The minimum absolute atomic E-state index is 0.117. The number of nitrogens with one attached hydrogen (secondary N) is 2. The van der Waals surface area contributed by atoms with E-state index < -0.39 is 0 Å². The van der Waals surface area contributed by atoms with Crippen LogP contribution in [0.2, 0.25) is 5.15 Å². The Labute approximate surface area is 79.5 Å². The second kappa shape index (κ2) is 3.27. The van der Waals surface area contributed by atoms with Crippen LogP contribution in [-0.4, -0.2) is 22.4 Å². The predicted molar refractivity (Wildman–Crippen MR) is 47.4 cm³/mol. The number of halogens is 1. The van der Waals surface area contributed by atoms with Crippen molar-refractivity contribution in [1.82, 2.24) is 15.3 Å². The molecule has 2 heterocycles. The minimum atomic E-state index is -0.117. The van der Waals surface area contributed by atoms with E-state index in [2.05, 4.69) is 20.6 Å². The maximum atomic E-state index is 11.1. The van der Waals surface area contributed by atoms with Crippen molar-refractivity contribution in [2.75, 3.05) is 11.9 Å². The summed E-state index contributed by atoms with van der Waals surface area (Å²) in [6.45, 7) is 0.778. The number of hydrogen-bond acceptors (Lipinski definition) is 4. The van der Waals surface area contributed by atoms with E-state index in [0.717, 1.165) is 5.56 Å². The molecule has 2 N–H and O–H groups in total. The van der Waals surface area contributed by atoms with Crippen molar-refractivity contribution >= 4 is 23.3 Å². The van der Waals surface area contributed by atoms with E-state index in [9.17, 15) is 4.79 Å². The summed E-state index contributed by atoms with van der Waals surface area (Å²) in [6.07, 6.45) is 1.33. The number of anilines is 1. The summed E-state index contributed by atoms with van der Waals surface area (Å²) in [4.78, 5) is 18.8. The van der Waals surface area contributed by atoms with Gasteiger partial charge in [-0.2, -0.15) is 0 Å². The molecule has 0 atom stereocenters. The van der Waals surface area contributed by atoms with Crippen LogP contribution in [-0.2, 0) is 11.3 Å². The summed E-state index contributed by atoms with van der Waals surface area (Å²) >= 11 is 5.82. The fourth-order valence-electron chi connectivity index (χ4n) is 1.13. The van der Waals surface area contributed by atoms with Gasteiger partial charge >= 0.3 is 0 Å². The zero-order chi connectivity index (χ0) is 9.26. The average molecular weight is 199 g/mol. The first kappa shape index (κ1) is 8.40. The molecule has 1 aromatic heterocycles. The molecule has 0 unspecified atom stereocenters. The Morgan fingerprint density at radius 3 is 3.08 bits per heavy atom. The Hall–Kier alpha value is -1.20. The average Bonchev–Trinajstić information content (AvgIpc) is 2.27. The first-order chi connectivity index (χ1) is 6.27. The predicted octanol–water partition coefficient (Wildman–Crippen LogP) is 0.172. The van der Waals surface area contributed by atoms with Crippen molar-refractivity contribution < 1.29 is 4.79 Å². The first-order valence-corrected chi connectivity index (χ1v) is 4.15.